The van der Waals surface area contributed by atoms with Crippen LogP contribution in [0, 0.1) is 12.8 Å². The fourth-order valence-corrected chi connectivity index (χ4v) is 1.87. The normalized spacial score (nSPS) is 12.3. The van der Waals surface area contributed by atoms with Crippen LogP contribution in [0.4, 0.5) is 0 Å². The Morgan fingerprint density at radius 2 is 1.95 bits per heavy atom. The Hall–Kier alpha value is -1.82. The van der Waals surface area contributed by atoms with Crippen LogP contribution in [0.2, 0.25) is 0 Å². The van der Waals surface area contributed by atoms with E-state index in [-0.39, 0.29) is 11.9 Å². The second-order valence-electron chi connectivity index (χ2n) is 4.80. The summed E-state index contributed by atoms with van der Waals surface area (Å²) in [6, 6.07) is 1.19. The molecule has 0 amide bonds. The number of furan rings is 1. The molecule has 0 saturated heterocycles. The van der Waals surface area contributed by atoms with E-state index in [1.807, 2.05) is 13.8 Å². The molecule has 0 radical (unpaired) electrons. The number of esters is 2. The van der Waals surface area contributed by atoms with Crippen LogP contribution in [-0.4, -0.2) is 32.2 Å². The zero-order chi connectivity index (χ0) is 15.3. The molecule has 1 N–H and O–H groups in total. The van der Waals surface area contributed by atoms with Crippen molar-refractivity contribution in [1.82, 2.24) is 5.32 Å². The minimum atomic E-state index is -0.439. The van der Waals surface area contributed by atoms with Crippen LogP contribution in [0.1, 0.15) is 35.7 Å². The predicted octanol–water partition coefficient (Wildman–Crippen LogP) is 1.66. The molecule has 0 aliphatic carbocycles. The Balaban J connectivity index is 2.74. The Morgan fingerprint density at radius 3 is 2.45 bits per heavy atom. The zero-order valence-corrected chi connectivity index (χ0v) is 12.5. The van der Waals surface area contributed by atoms with Crippen molar-refractivity contribution < 1.29 is 23.5 Å². The third kappa shape index (κ3) is 3.84. The van der Waals surface area contributed by atoms with Gasteiger partial charge in [-0.25, -0.2) is 4.79 Å². The first-order valence-electron chi connectivity index (χ1n) is 6.39. The summed E-state index contributed by atoms with van der Waals surface area (Å²) in [5.41, 5.74) is 0.392. The molecule has 1 atom stereocenters. The average Bonchev–Trinajstić information content (AvgIpc) is 2.78. The van der Waals surface area contributed by atoms with Crippen LogP contribution in [-0.2, 0) is 20.8 Å². The summed E-state index contributed by atoms with van der Waals surface area (Å²) < 4.78 is 14.9. The number of nitrogens with one attached hydrogen (secondary N) is 1. The molecule has 6 nitrogen and oxygen atoms in total. The Morgan fingerprint density at radius 1 is 1.30 bits per heavy atom. The van der Waals surface area contributed by atoms with Crippen LogP contribution in [0.5, 0.6) is 0 Å². The Kier molecular flexibility index (Phi) is 5.76. The van der Waals surface area contributed by atoms with E-state index in [9.17, 15) is 9.59 Å². The van der Waals surface area contributed by atoms with Crippen molar-refractivity contribution in [2.75, 3.05) is 14.2 Å². The molecule has 112 valence electrons. The smallest absolute Gasteiger partial charge is 0.341 e. The molecule has 0 bridgehead atoms. The van der Waals surface area contributed by atoms with Crippen LogP contribution < -0.4 is 5.32 Å². The SMILES string of the molecule is COC(=O)c1cc(CN[C@H](C(=O)OC)C(C)C)oc1C. The maximum atomic E-state index is 11.6. The number of methoxy groups -OCH3 is 2. The topological polar surface area (TPSA) is 77.8 Å². The van der Waals surface area contributed by atoms with Gasteiger partial charge in [-0.15, -0.1) is 0 Å². The Labute approximate surface area is 118 Å². The van der Waals surface area contributed by atoms with Crippen LogP contribution in [0.3, 0.4) is 0 Å². The first-order chi connectivity index (χ1) is 9.40. The van der Waals surface area contributed by atoms with Crippen molar-refractivity contribution in [3.8, 4) is 0 Å². The molecule has 1 aromatic rings. The molecule has 0 saturated carbocycles. The largest absolute Gasteiger partial charge is 0.468 e. The number of aryl methyl sites for hydroxylation is 1. The lowest BCUT2D eigenvalue weighted by Gasteiger charge is -2.19. The minimum Gasteiger partial charge on any atom is -0.468 e. The number of hydrogen-bond donors (Lipinski definition) is 1. The van der Waals surface area contributed by atoms with E-state index < -0.39 is 12.0 Å². The van der Waals surface area contributed by atoms with Crippen molar-refractivity contribution in [1.29, 1.82) is 0 Å². The molecule has 1 aromatic heterocycles. The predicted molar refractivity (Wildman–Crippen MR) is 72.3 cm³/mol. The van der Waals surface area contributed by atoms with Crippen molar-refractivity contribution >= 4 is 11.9 Å². The number of hydrogen-bond acceptors (Lipinski definition) is 6. The minimum absolute atomic E-state index is 0.0820. The van der Waals surface area contributed by atoms with Gasteiger partial charge in [-0.1, -0.05) is 13.8 Å². The molecule has 0 spiro atoms. The number of rotatable bonds is 6. The summed E-state index contributed by atoms with van der Waals surface area (Å²) in [6.07, 6.45) is 0. The third-order valence-corrected chi connectivity index (χ3v) is 2.99. The highest BCUT2D eigenvalue weighted by Crippen LogP contribution is 2.16. The molecule has 1 heterocycles. The first-order valence-corrected chi connectivity index (χ1v) is 6.39. The lowest BCUT2D eigenvalue weighted by molar-refractivity contribution is -0.144. The van der Waals surface area contributed by atoms with Gasteiger partial charge in [0.15, 0.2) is 0 Å². The molecule has 0 aliphatic rings. The first kappa shape index (κ1) is 16.2. The second kappa shape index (κ2) is 7.09. The van der Waals surface area contributed by atoms with Gasteiger partial charge in [0.25, 0.3) is 0 Å². The van der Waals surface area contributed by atoms with Crippen LogP contribution in [0.25, 0.3) is 0 Å². The van der Waals surface area contributed by atoms with E-state index in [0.29, 0.717) is 23.6 Å². The zero-order valence-electron chi connectivity index (χ0n) is 12.5. The van der Waals surface area contributed by atoms with E-state index in [0.717, 1.165) is 0 Å². The second-order valence-corrected chi connectivity index (χ2v) is 4.80. The van der Waals surface area contributed by atoms with E-state index in [4.69, 9.17) is 9.15 Å². The molecule has 0 aromatic carbocycles. The van der Waals surface area contributed by atoms with Gasteiger partial charge in [-0.2, -0.15) is 0 Å². The van der Waals surface area contributed by atoms with Gasteiger partial charge in [0.1, 0.15) is 23.1 Å². The highest BCUT2D eigenvalue weighted by molar-refractivity contribution is 5.90. The van der Waals surface area contributed by atoms with Gasteiger partial charge < -0.3 is 13.9 Å². The van der Waals surface area contributed by atoms with Gasteiger partial charge >= 0.3 is 11.9 Å². The summed E-state index contributed by atoms with van der Waals surface area (Å²) in [7, 11) is 2.67. The van der Waals surface area contributed by atoms with Gasteiger partial charge in [0.2, 0.25) is 0 Å². The van der Waals surface area contributed by atoms with Crippen molar-refractivity contribution in [2.24, 2.45) is 5.92 Å². The molecule has 20 heavy (non-hydrogen) atoms. The molecule has 1 rings (SSSR count). The molecular formula is C14H21NO5. The highest BCUT2D eigenvalue weighted by atomic mass is 16.5. The van der Waals surface area contributed by atoms with Gasteiger partial charge in [-0.3, -0.25) is 10.1 Å². The van der Waals surface area contributed by atoms with E-state index in [1.165, 1.54) is 14.2 Å². The lowest BCUT2D eigenvalue weighted by atomic mass is 10.0. The lowest BCUT2D eigenvalue weighted by Crippen LogP contribution is -2.41. The van der Waals surface area contributed by atoms with Crippen LogP contribution >= 0.6 is 0 Å². The standard InChI is InChI=1S/C14H21NO5/c1-8(2)12(14(17)19-5)15-7-10-6-11(9(3)20-10)13(16)18-4/h6,8,12,15H,7H2,1-5H3/t12-/m0/s1. The average molecular weight is 283 g/mol. The van der Waals surface area contributed by atoms with Crippen molar-refractivity contribution in [3.05, 3.63) is 23.2 Å². The molecule has 0 aliphatic heterocycles. The van der Waals surface area contributed by atoms with Gasteiger partial charge in [-0.05, 0) is 18.9 Å². The fraction of sp³-hybridized carbons (Fsp3) is 0.571. The number of ether oxygens (including phenoxy) is 2. The number of carbonyl (C=O) groups is 2. The van der Waals surface area contributed by atoms with E-state index in [2.05, 4.69) is 10.1 Å². The Bertz CT molecular complexity index is 478. The van der Waals surface area contributed by atoms with Gasteiger partial charge in [0, 0.05) is 0 Å². The van der Waals surface area contributed by atoms with E-state index >= 15 is 0 Å². The maximum absolute atomic E-state index is 11.6. The van der Waals surface area contributed by atoms with E-state index in [1.54, 1.807) is 13.0 Å². The van der Waals surface area contributed by atoms with Crippen molar-refractivity contribution in [2.45, 2.75) is 33.4 Å². The molecule has 0 fully saturated rings. The monoisotopic (exact) mass is 283 g/mol. The number of carbonyl (C=O) groups excluding carboxylic acids is 2. The summed E-state index contributed by atoms with van der Waals surface area (Å²) in [4.78, 5) is 23.1. The van der Waals surface area contributed by atoms with Crippen LogP contribution in [0.15, 0.2) is 10.5 Å². The summed E-state index contributed by atoms with van der Waals surface area (Å²) >= 11 is 0. The molecule has 0 unspecified atom stereocenters. The summed E-state index contributed by atoms with van der Waals surface area (Å²) in [5, 5.41) is 3.06. The summed E-state index contributed by atoms with van der Waals surface area (Å²) in [5.74, 6) is 0.381. The molecule has 6 heteroatoms. The highest BCUT2D eigenvalue weighted by Gasteiger charge is 2.23. The quantitative estimate of drug-likeness (QED) is 0.800. The van der Waals surface area contributed by atoms with Gasteiger partial charge in [0.05, 0.1) is 20.8 Å². The fourth-order valence-electron chi connectivity index (χ4n) is 1.87. The third-order valence-electron chi connectivity index (χ3n) is 2.99. The summed E-state index contributed by atoms with van der Waals surface area (Å²) in [6.45, 7) is 5.86. The molecular weight excluding hydrogens is 262 g/mol. The maximum Gasteiger partial charge on any atom is 0.341 e. The van der Waals surface area contributed by atoms with Crippen molar-refractivity contribution in [3.63, 3.8) is 0 Å².